The second-order valence-corrected chi connectivity index (χ2v) is 6.74. The van der Waals surface area contributed by atoms with E-state index in [2.05, 4.69) is 24.7 Å². The summed E-state index contributed by atoms with van der Waals surface area (Å²) in [5, 5.41) is 4.28. The number of hydrogen-bond acceptors (Lipinski definition) is 2. The highest BCUT2D eigenvalue weighted by molar-refractivity contribution is 5.95. The van der Waals surface area contributed by atoms with Crippen LogP contribution in [0.4, 0.5) is 0 Å². The minimum atomic E-state index is 0.125. The van der Waals surface area contributed by atoms with Crippen LogP contribution in [0.1, 0.15) is 54.1 Å². The number of amides is 1. The van der Waals surface area contributed by atoms with E-state index in [9.17, 15) is 4.79 Å². The van der Waals surface area contributed by atoms with Gasteiger partial charge in [-0.1, -0.05) is 32.1 Å². The van der Waals surface area contributed by atoms with Gasteiger partial charge < -0.3 is 4.90 Å². The van der Waals surface area contributed by atoms with E-state index < -0.39 is 0 Å². The van der Waals surface area contributed by atoms with E-state index in [1.165, 1.54) is 12.0 Å². The molecule has 0 bridgehead atoms. The Bertz CT molecular complexity index is 721. The van der Waals surface area contributed by atoms with E-state index in [1.807, 2.05) is 40.1 Å². The molecule has 0 radical (unpaired) electrons. The minimum absolute atomic E-state index is 0.125. The molecule has 1 unspecified atom stereocenters. The molecule has 1 aromatic heterocycles. The van der Waals surface area contributed by atoms with Crippen LogP contribution < -0.4 is 0 Å². The Morgan fingerprint density at radius 3 is 3.04 bits per heavy atom. The number of benzene rings is 1. The lowest BCUT2D eigenvalue weighted by atomic mass is 9.99. The molecule has 2 heterocycles. The number of hydrogen-bond donors (Lipinski definition) is 0. The molecular formula is C21H27N3O. The van der Waals surface area contributed by atoms with Crippen LogP contribution in [0.2, 0.25) is 0 Å². The molecule has 1 aliphatic rings. The largest absolute Gasteiger partial charge is 0.334 e. The molecule has 1 amide bonds. The molecule has 0 spiro atoms. The van der Waals surface area contributed by atoms with E-state index in [1.54, 1.807) is 6.20 Å². The van der Waals surface area contributed by atoms with E-state index in [0.29, 0.717) is 0 Å². The third-order valence-electron chi connectivity index (χ3n) is 5.01. The molecule has 0 aliphatic carbocycles. The Morgan fingerprint density at radius 1 is 1.44 bits per heavy atom. The van der Waals surface area contributed by atoms with Crippen LogP contribution in [-0.4, -0.2) is 33.2 Å². The van der Waals surface area contributed by atoms with Gasteiger partial charge in [0.15, 0.2) is 0 Å². The minimum Gasteiger partial charge on any atom is -0.334 e. The Balaban J connectivity index is 1.76. The number of aromatic nitrogens is 2. The van der Waals surface area contributed by atoms with E-state index in [4.69, 9.17) is 0 Å². The summed E-state index contributed by atoms with van der Waals surface area (Å²) in [5.41, 5.74) is 3.13. The summed E-state index contributed by atoms with van der Waals surface area (Å²) in [6.07, 6.45) is 11.1. The summed E-state index contributed by atoms with van der Waals surface area (Å²) in [7, 11) is 0. The summed E-state index contributed by atoms with van der Waals surface area (Å²) < 4.78 is 1.92. The molecule has 3 rings (SSSR count). The van der Waals surface area contributed by atoms with Crippen molar-refractivity contribution in [3.8, 4) is 0 Å². The second kappa shape index (κ2) is 8.15. The lowest BCUT2D eigenvalue weighted by Gasteiger charge is -2.25. The second-order valence-electron chi connectivity index (χ2n) is 6.74. The Hall–Kier alpha value is -2.36. The van der Waals surface area contributed by atoms with Crippen LogP contribution in [0.5, 0.6) is 0 Å². The van der Waals surface area contributed by atoms with Gasteiger partial charge in [0.25, 0.3) is 5.91 Å². The van der Waals surface area contributed by atoms with Crippen molar-refractivity contribution < 1.29 is 4.79 Å². The average Bonchev–Trinajstić information content (AvgIpc) is 3.31. The molecule has 4 nitrogen and oxygen atoms in total. The van der Waals surface area contributed by atoms with Crippen LogP contribution in [0.15, 0.2) is 43.2 Å². The predicted octanol–water partition coefficient (Wildman–Crippen LogP) is 4.17. The van der Waals surface area contributed by atoms with E-state index in [-0.39, 0.29) is 11.9 Å². The number of carbonyl (C=O) groups is 1. The standard InChI is InChI=1S/C21H27N3O/c1-3-5-8-18-10-11-19(15-17(18)4-2)21(25)24-14-6-9-20(24)16-23-13-7-12-22-23/h4,7,10-13,15,20H,2-3,5-6,8-9,14,16H2,1H3. The third-order valence-corrected chi connectivity index (χ3v) is 5.01. The van der Waals surface area contributed by atoms with Crippen molar-refractivity contribution >= 4 is 12.0 Å². The highest BCUT2D eigenvalue weighted by atomic mass is 16.2. The highest BCUT2D eigenvalue weighted by Crippen LogP contribution is 2.23. The summed E-state index contributed by atoms with van der Waals surface area (Å²) >= 11 is 0. The molecule has 1 aromatic carbocycles. The topological polar surface area (TPSA) is 38.1 Å². The number of aryl methyl sites for hydroxylation is 1. The van der Waals surface area contributed by atoms with Gasteiger partial charge in [-0.3, -0.25) is 9.48 Å². The number of carbonyl (C=O) groups excluding carboxylic acids is 1. The monoisotopic (exact) mass is 337 g/mol. The quantitative estimate of drug-likeness (QED) is 0.760. The van der Waals surface area contributed by atoms with Gasteiger partial charge in [0.1, 0.15) is 0 Å². The van der Waals surface area contributed by atoms with Gasteiger partial charge in [0, 0.05) is 24.5 Å². The zero-order valence-corrected chi connectivity index (χ0v) is 15.0. The van der Waals surface area contributed by atoms with Crippen molar-refractivity contribution in [2.75, 3.05) is 6.54 Å². The SMILES string of the molecule is C=Cc1cc(C(=O)N2CCCC2Cn2cccn2)ccc1CCCC. The molecular weight excluding hydrogens is 310 g/mol. The van der Waals surface area contributed by atoms with Crippen molar-refractivity contribution in [3.63, 3.8) is 0 Å². The van der Waals surface area contributed by atoms with Gasteiger partial charge in [-0.15, -0.1) is 0 Å². The number of likely N-dealkylation sites (tertiary alicyclic amines) is 1. The van der Waals surface area contributed by atoms with Gasteiger partial charge in [-0.05, 0) is 55.0 Å². The summed E-state index contributed by atoms with van der Waals surface area (Å²) in [6.45, 7) is 7.71. The van der Waals surface area contributed by atoms with Crippen LogP contribution in [-0.2, 0) is 13.0 Å². The predicted molar refractivity (Wildman–Crippen MR) is 101 cm³/mol. The molecule has 25 heavy (non-hydrogen) atoms. The first-order valence-corrected chi connectivity index (χ1v) is 9.26. The van der Waals surface area contributed by atoms with Gasteiger partial charge in [-0.2, -0.15) is 5.10 Å². The molecule has 132 valence electrons. The van der Waals surface area contributed by atoms with Crippen LogP contribution in [0, 0.1) is 0 Å². The first-order chi connectivity index (χ1) is 12.2. The number of rotatable bonds is 7. The van der Waals surface area contributed by atoms with Crippen LogP contribution in [0.3, 0.4) is 0 Å². The van der Waals surface area contributed by atoms with Gasteiger partial charge in [-0.25, -0.2) is 0 Å². The number of unbranched alkanes of at least 4 members (excludes halogenated alkanes) is 1. The fourth-order valence-electron chi connectivity index (χ4n) is 3.60. The molecule has 1 aliphatic heterocycles. The van der Waals surface area contributed by atoms with Gasteiger partial charge >= 0.3 is 0 Å². The summed E-state index contributed by atoms with van der Waals surface area (Å²) in [5.74, 6) is 0.125. The zero-order valence-electron chi connectivity index (χ0n) is 15.0. The fraction of sp³-hybridized carbons (Fsp3) is 0.429. The fourth-order valence-corrected chi connectivity index (χ4v) is 3.60. The maximum absolute atomic E-state index is 13.0. The lowest BCUT2D eigenvalue weighted by Crippen LogP contribution is -2.38. The molecule has 2 aromatic rings. The van der Waals surface area contributed by atoms with Crippen molar-refractivity contribution in [1.29, 1.82) is 0 Å². The van der Waals surface area contributed by atoms with Crippen LogP contribution >= 0.6 is 0 Å². The van der Waals surface area contributed by atoms with E-state index >= 15 is 0 Å². The molecule has 0 N–H and O–H groups in total. The first-order valence-electron chi connectivity index (χ1n) is 9.26. The average molecular weight is 337 g/mol. The Labute approximate surface area is 150 Å². The Kier molecular flexibility index (Phi) is 5.69. The molecule has 1 atom stereocenters. The normalized spacial score (nSPS) is 17.0. The highest BCUT2D eigenvalue weighted by Gasteiger charge is 2.29. The lowest BCUT2D eigenvalue weighted by molar-refractivity contribution is 0.0721. The third kappa shape index (κ3) is 4.01. The number of nitrogens with zero attached hydrogens (tertiary/aromatic N) is 3. The first kappa shape index (κ1) is 17.5. The molecule has 4 heteroatoms. The van der Waals surface area contributed by atoms with Crippen molar-refractivity contribution in [3.05, 3.63) is 59.9 Å². The zero-order chi connectivity index (χ0) is 17.6. The molecule has 1 fully saturated rings. The summed E-state index contributed by atoms with van der Waals surface area (Å²) in [4.78, 5) is 15.1. The van der Waals surface area contributed by atoms with Crippen LogP contribution in [0.25, 0.3) is 6.08 Å². The summed E-state index contributed by atoms with van der Waals surface area (Å²) in [6, 6.07) is 8.22. The molecule has 1 saturated heterocycles. The maximum atomic E-state index is 13.0. The van der Waals surface area contributed by atoms with Crippen molar-refractivity contribution in [1.82, 2.24) is 14.7 Å². The Morgan fingerprint density at radius 2 is 2.32 bits per heavy atom. The van der Waals surface area contributed by atoms with Gasteiger partial charge in [0.2, 0.25) is 0 Å². The van der Waals surface area contributed by atoms with E-state index in [0.717, 1.165) is 49.9 Å². The van der Waals surface area contributed by atoms with Crippen molar-refractivity contribution in [2.24, 2.45) is 0 Å². The smallest absolute Gasteiger partial charge is 0.254 e. The maximum Gasteiger partial charge on any atom is 0.254 e. The van der Waals surface area contributed by atoms with Gasteiger partial charge in [0.05, 0.1) is 12.6 Å². The molecule has 0 saturated carbocycles. The van der Waals surface area contributed by atoms with Crippen molar-refractivity contribution in [2.45, 2.75) is 51.6 Å².